The minimum atomic E-state index is -3.90. The van der Waals surface area contributed by atoms with E-state index in [4.69, 9.17) is 9.47 Å². The molecule has 9 heteroatoms. The van der Waals surface area contributed by atoms with Gasteiger partial charge in [0.1, 0.15) is 0 Å². The molecule has 1 aliphatic heterocycles. The molecule has 2 aromatic rings. The van der Waals surface area contributed by atoms with Crippen molar-refractivity contribution in [1.82, 2.24) is 14.6 Å². The molecule has 28 heavy (non-hydrogen) atoms. The van der Waals surface area contributed by atoms with Crippen molar-refractivity contribution in [3.8, 4) is 0 Å². The van der Waals surface area contributed by atoms with Gasteiger partial charge in [0, 0.05) is 50.0 Å². The quantitative estimate of drug-likeness (QED) is 0.670. The van der Waals surface area contributed by atoms with Crippen LogP contribution in [-0.2, 0) is 24.3 Å². The van der Waals surface area contributed by atoms with Crippen LogP contribution in [0.5, 0.6) is 0 Å². The molecule has 1 aromatic carbocycles. The van der Waals surface area contributed by atoms with Crippen molar-refractivity contribution < 1.29 is 22.7 Å². The summed E-state index contributed by atoms with van der Waals surface area (Å²) in [5.74, 6) is -0.364. The highest BCUT2D eigenvalue weighted by atomic mass is 32.2. The van der Waals surface area contributed by atoms with Crippen LogP contribution in [0.4, 0.5) is 0 Å². The summed E-state index contributed by atoms with van der Waals surface area (Å²) < 4.78 is 38.3. The van der Waals surface area contributed by atoms with Gasteiger partial charge in [-0.25, -0.2) is 8.42 Å². The molecule has 2 heterocycles. The van der Waals surface area contributed by atoms with Gasteiger partial charge in [-0.3, -0.25) is 9.78 Å². The lowest BCUT2D eigenvalue weighted by Gasteiger charge is -2.22. The summed E-state index contributed by atoms with van der Waals surface area (Å²) >= 11 is 0. The van der Waals surface area contributed by atoms with Crippen molar-refractivity contribution in [3.05, 3.63) is 36.7 Å². The Hall–Kier alpha value is -2.07. The van der Waals surface area contributed by atoms with Gasteiger partial charge in [0.25, 0.3) is 0 Å². The molecule has 0 radical (unpaired) electrons. The fourth-order valence-electron chi connectivity index (χ4n) is 3.18. The second-order valence-electron chi connectivity index (χ2n) is 6.62. The van der Waals surface area contributed by atoms with Crippen molar-refractivity contribution >= 4 is 26.7 Å². The summed E-state index contributed by atoms with van der Waals surface area (Å²) in [5.41, 5.74) is 0. The Morgan fingerprint density at radius 2 is 2.25 bits per heavy atom. The van der Waals surface area contributed by atoms with Crippen LogP contribution in [0, 0.1) is 0 Å². The van der Waals surface area contributed by atoms with E-state index in [0.29, 0.717) is 18.5 Å². The van der Waals surface area contributed by atoms with Gasteiger partial charge in [-0.05, 0) is 25.0 Å². The van der Waals surface area contributed by atoms with E-state index >= 15 is 0 Å². The molecule has 1 fully saturated rings. The fourth-order valence-corrected chi connectivity index (χ4v) is 4.78. The van der Waals surface area contributed by atoms with Gasteiger partial charge < -0.3 is 14.8 Å². The highest BCUT2D eigenvalue weighted by Gasteiger charge is 2.28. The molecular weight excluding hydrogens is 382 g/mol. The minimum absolute atomic E-state index is 0.00134. The number of hydrogen-bond acceptors (Lipinski definition) is 6. The molecular formula is C19H25N3O5S. The van der Waals surface area contributed by atoms with E-state index < -0.39 is 10.0 Å². The third kappa shape index (κ3) is 4.85. The van der Waals surface area contributed by atoms with Crippen LogP contribution < -0.4 is 5.32 Å². The van der Waals surface area contributed by atoms with Gasteiger partial charge in [0.15, 0.2) is 0 Å². The van der Waals surface area contributed by atoms with Crippen LogP contribution in [0.15, 0.2) is 41.6 Å². The number of methoxy groups -OCH3 is 1. The number of sulfonamides is 1. The Kier molecular flexibility index (Phi) is 6.95. The molecule has 0 spiro atoms. The molecule has 1 amide bonds. The zero-order valence-electron chi connectivity index (χ0n) is 15.8. The number of amides is 1. The largest absolute Gasteiger partial charge is 0.383 e. The molecule has 1 N–H and O–H groups in total. The third-order valence-corrected chi connectivity index (χ3v) is 6.58. The summed E-state index contributed by atoms with van der Waals surface area (Å²) in [4.78, 5) is 16.6. The zero-order valence-corrected chi connectivity index (χ0v) is 16.7. The number of nitrogens with one attached hydrogen (secondary N) is 1. The zero-order chi connectivity index (χ0) is 20.0. The summed E-state index contributed by atoms with van der Waals surface area (Å²) in [5, 5.41) is 4.06. The number of benzene rings is 1. The number of carbonyl (C=O) groups is 1. The van der Waals surface area contributed by atoms with E-state index in [1.54, 1.807) is 36.7 Å². The van der Waals surface area contributed by atoms with E-state index in [2.05, 4.69) is 10.3 Å². The van der Waals surface area contributed by atoms with Crippen LogP contribution in [0.2, 0.25) is 0 Å². The SMILES string of the molecule is COCCN(CC(=O)NCC1CCCO1)S(=O)(=O)c1cccc2cnccc12. The summed E-state index contributed by atoms with van der Waals surface area (Å²) in [7, 11) is -2.41. The Morgan fingerprint density at radius 1 is 1.39 bits per heavy atom. The minimum Gasteiger partial charge on any atom is -0.383 e. The van der Waals surface area contributed by atoms with Crippen LogP contribution >= 0.6 is 0 Å². The summed E-state index contributed by atoms with van der Waals surface area (Å²) in [6, 6.07) is 6.67. The van der Waals surface area contributed by atoms with E-state index in [9.17, 15) is 13.2 Å². The van der Waals surface area contributed by atoms with E-state index in [1.807, 2.05) is 0 Å². The predicted molar refractivity (Wildman–Crippen MR) is 104 cm³/mol. The second kappa shape index (κ2) is 9.42. The molecule has 1 aliphatic rings. The lowest BCUT2D eigenvalue weighted by Crippen LogP contribution is -2.43. The molecule has 8 nitrogen and oxygen atoms in total. The second-order valence-corrected chi connectivity index (χ2v) is 8.53. The third-order valence-electron chi connectivity index (χ3n) is 4.67. The monoisotopic (exact) mass is 407 g/mol. The highest BCUT2D eigenvalue weighted by Crippen LogP contribution is 2.25. The number of hydrogen-bond donors (Lipinski definition) is 1. The number of carbonyl (C=O) groups excluding carboxylic acids is 1. The van der Waals surface area contributed by atoms with Crippen LogP contribution in [0.25, 0.3) is 10.8 Å². The molecule has 1 aromatic heterocycles. The van der Waals surface area contributed by atoms with Crippen molar-refractivity contribution in [2.45, 2.75) is 23.8 Å². The standard InChI is InChI=1S/C19H25N3O5S/c1-26-11-9-22(14-19(23)21-13-16-5-3-10-27-16)28(24,25)18-6-2-4-15-12-20-8-7-17(15)18/h2,4,6-8,12,16H,3,5,9-11,13-14H2,1H3,(H,21,23). The first kappa shape index (κ1) is 20.7. The van der Waals surface area contributed by atoms with Gasteiger partial charge in [0.2, 0.25) is 15.9 Å². The number of nitrogens with zero attached hydrogens (tertiary/aromatic N) is 2. The number of pyridine rings is 1. The van der Waals surface area contributed by atoms with Crippen molar-refractivity contribution in [3.63, 3.8) is 0 Å². The fraction of sp³-hybridized carbons (Fsp3) is 0.474. The Bertz CT molecular complexity index is 907. The van der Waals surface area contributed by atoms with Gasteiger partial charge in [-0.15, -0.1) is 0 Å². The maximum Gasteiger partial charge on any atom is 0.244 e. The number of aromatic nitrogens is 1. The Morgan fingerprint density at radius 3 is 3.00 bits per heavy atom. The Balaban J connectivity index is 1.79. The number of fused-ring (bicyclic) bond motifs is 1. The van der Waals surface area contributed by atoms with Crippen molar-refractivity contribution in [1.29, 1.82) is 0 Å². The number of ether oxygens (including phenoxy) is 2. The highest BCUT2D eigenvalue weighted by molar-refractivity contribution is 7.89. The van der Waals surface area contributed by atoms with Gasteiger partial charge in [-0.1, -0.05) is 12.1 Å². The Labute approximate surface area is 164 Å². The maximum absolute atomic E-state index is 13.3. The first-order chi connectivity index (χ1) is 13.5. The molecule has 152 valence electrons. The van der Waals surface area contributed by atoms with E-state index in [-0.39, 0.29) is 36.6 Å². The number of rotatable bonds is 9. The molecule has 0 saturated carbocycles. The van der Waals surface area contributed by atoms with Crippen LogP contribution in [-0.4, -0.2) is 69.7 Å². The first-order valence-corrected chi connectivity index (χ1v) is 10.7. The van der Waals surface area contributed by atoms with Gasteiger partial charge in [-0.2, -0.15) is 4.31 Å². The smallest absolute Gasteiger partial charge is 0.244 e. The normalized spacial score (nSPS) is 17.3. The maximum atomic E-state index is 13.3. The molecule has 3 rings (SSSR count). The summed E-state index contributed by atoms with van der Waals surface area (Å²) in [6.45, 7) is 1.07. The average Bonchev–Trinajstić information content (AvgIpc) is 3.22. The molecule has 1 saturated heterocycles. The molecule has 1 atom stereocenters. The van der Waals surface area contributed by atoms with Crippen LogP contribution in [0.3, 0.4) is 0 Å². The van der Waals surface area contributed by atoms with E-state index in [1.165, 1.54) is 7.11 Å². The van der Waals surface area contributed by atoms with Gasteiger partial charge >= 0.3 is 0 Å². The molecule has 0 aliphatic carbocycles. The first-order valence-electron chi connectivity index (χ1n) is 9.22. The topological polar surface area (TPSA) is 97.8 Å². The molecule has 1 unspecified atom stereocenters. The van der Waals surface area contributed by atoms with E-state index in [0.717, 1.165) is 22.5 Å². The average molecular weight is 407 g/mol. The lowest BCUT2D eigenvalue weighted by molar-refractivity contribution is -0.121. The van der Waals surface area contributed by atoms with Crippen LogP contribution in [0.1, 0.15) is 12.8 Å². The molecule has 0 bridgehead atoms. The lowest BCUT2D eigenvalue weighted by atomic mass is 10.2. The van der Waals surface area contributed by atoms with Crippen molar-refractivity contribution in [2.24, 2.45) is 0 Å². The predicted octanol–water partition coefficient (Wildman–Crippen LogP) is 1.17. The summed E-state index contributed by atoms with van der Waals surface area (Å²) in [6.07, 6.45) is 5.04. The van der Waals surface area contributed by atoms with Crippen molar-refractivity contribution in [2.75, 3.05) is 40.0 Å². The van der Waals surface area contributed by atoms with Gasteiger partial charge in [0.05, 0.1) is 24.2 Å².